The molecule has 8 heteroatoms. The fourth-order valence-electron chi connectivity index (χ4n) is 3.10. The number of benzene rings is 2. The Morgan fingerprint density at radius 2 is 1.82 bits per heavy atom. The molecule has 152 valence electrons. The van der Waals surface area contributed by atoms with E-state index < -0.39 is 10.0 Å². The second-order valence-corrected chi connectivity index (χ2v) is 8.60. The van der Waals surface area contributed by atoms with Crippen molar-refractivity contribution in [3.8, 4) is 0 Å². The van der Waals surface area contributed by atoms with Gasteiger partial charge in [0.1, 0.15) is 0 Å². The second kappa shape index (κ2) is 9.91. The summed E-state index contributed by atoms with van der Waals surface area (Å²) in [5.74, 6) is -0.135. The SMILES string of the molecule is Cc1ccc(N(CCC(=O)NC2CCNC2)S(=O)(=O)c2ccccc2)cc1.Cl. The molecule has 0 aromatic heterocycles. The summed E-state index contributed by atoms with van der Waals surface area (Å²) in [6, 6.07) is 15.7. The van der Waals surface area contributed by atoms with E-state index in [0.717, 1.165) is 25.1 Å². The Hall–Kier alpha value is -2.09. The number of halogens is 1. The average molecular weight is 424 g/mol. The zero-order valence-corrected chi connectivity index (χ0v) is 17.4. The normalized spacial score (nSPS) is 16.2. The van der Waals surface area contributed by atoms with Crippen LogP contribution in [0.1, 0.15) is 18.4 Å². The zero-order valence-electron chi connectivity index (χ0n) is 15.8. The molecule has 1 fully saturated rings. The first kappa shape index (κ1) is 22.2. The first-order chi connectivity index (χ1) is 13.0. The van der Waals surface area contributed by atoms with Crippen molar-refractivity contribution in [2.75, 3.05) is 23.9 Å². The highest BCUT2D eigenvalue weighted by atomic mass is 35.5. The molecule has 1 aliphatic rings. The third-order valence-corrected chi connectivity index (χ3v) is 6.46. The maximum absolute atomic E-state index is 13.2. The van der Waals surface area contributed by atoms with Gasteiger partial charge in [0.05, 0.1) is 10.6 Å². The number of amides is 1. The van der Waals surface area contributed by atoms with Crippen LogP contribution in [0, 0.1) is 6.92 Å². The Morgan fingerprint density at radius 3 is 2.43 bits per heavy atom. The van der Waals surface area contributed by atoms with Gasteiger partial charge in [-0.15, -0.1) is 12.4 Å². The van der Waals surface area contributed by atoms with E-state index in [0.29, 0.717) is 5.69 Å². The topological polar surface area (TPSA) is 78.5 Å². The maximum Gasteiger partial charge on any atom is 0.264 e. The van der Waals surface area contributed by atoms with E-state index in [2.05, 4.69) is 10.6 Å². The minimum Gasteiger partial charge on any atom is -0.352 e. The van der Waals surface area contributed by atoms with Crippen LogP contribution in [0.15, 0.2) is 59.5 Å². The predicted molar refractivity (Wildman–Crippen MR) is 113 cm³/mol. The van der Waals surface area contributed by atoms with Gasteiger partial charge in [0.2, 0.25) is 5.91 Å². The molecular formula is C20H26ClN3O3S. The van der Waals surface area contributed by atoms with Crippen molar-refractivity contribution >= 4 is 34.0 Å². The lowest BCUT2D eigenvalue weighted by atomic mass is 10.2. The number of aryl methyl sites for hydroxylation is 1. The van der Waals surface area contributed by atoms with Gasteiger partial charge >= 0.3 is 0 Å². The number of anilines is 1. The quantitative estimate of drug-likeness (QED) is 0.717. The molecule has 0 bridgehead atoms. The monoisotopic (exact) mass is 423 g/mol. The first-order valence-corrected chi connectivity index (χ1v) is 10.6. The molecule has 0 saturated carbocycles. The third kappa shape index (κ3) is 5.47. The number of carbonyl (C=O) groups excluding carboxylic acids is 1. The van der Waals surface area contributed by atoms with Crippen LogP contribution in [0.3, 0.4) is 0 Å². The molecule has 1 saturated heterocycles. The third-order valence-electron chi connectivity index (χ3n) is 4.62. The highest BCUT2D eigenvalue weighted by Gasteiger charge is 2.26. The van der Waals surface area contributed by atoms with Crippen LogP contribution >= 0.6 is 12.4 Å². The first-order valence-electron chi connectivity index (χ1n) is 9.11. The largest absolute Gasteiger partial charge is 0.352 e. The van der Waals surface area contributed by atoms with Crippen molar-refractivity contribution < 1.29 is 13.2 Å². The Labute approximate surface area is 172 Å². The minimum absolute atomic E-state index is 0. The molecule has 0 radical (unpaired) electrons. The molecule has 1 aliphatic heterocycles. The molecule has 2 aromatic carbocycles. The summed E-state index contributed by atoms with van der Waals surface area (Å²) in [5, 5.41) is 6.16. The van der Waals surface area contributed by atoms with E-state index >= 15 is 0 Å². The number of sulfonamides is 1. The van der Waals surface area contributed by atoms with Crippen LogP contribution in [0.25, 0.3) is 0 Å². The van der Waals surface area contributed by atoms with Gasteiger partial charge < -0.3 is 10.6 Å². The number of nitrogens with zero attached hydrogens (tertiary/aromatic N) is 1. The van der Waals surface area contributed by atoms with Gasteiger partial charge in [0.25, 0.3) is 10.0 Å². The van der Waals surface area contributed by atoms with Crippen molar-refractivity contribution in [2.24, 2.45) is 0 Å². The molecule has 6 nitrogen and oxygen atoms in total. The Bertz CT molecular complexity index is 867. The summed E-state index contributed by atoms with van der Waals surface area (Å²) < 4.78 is 27.6. The van der Waals surface area contributed by atoms with Crippen LogP contribution in [0.4, 0.5) is 5.69 Å². The predicted octanol–water partition coefficient (Wildman–Crippen LogP) is 2.48. The molecule has 0 spiro atoms. The van der Waals surface area contributed by atoms with Crippen LogP contribution in [-0.4, -0.2) is 40.0 Å². The minimum atomic E-state index is -3.75. The summed E-state index contributed by atoms with van der Waals surface area (Å²) in [6.07, 6.45) is 1.01. The Kier molecular flexibility index (Phi) is 7.86. The Balaban J connectivity index is 0.00000280. The van der Waals surface area contributed by atoms with Gasteiger partial charge in [0.15, 0.2) is 0 Å². The lowest BCUT2D eigenvalue weighted by Crippen LogP contribution is -2.39. The number of hydrogen-bond donors (Lipinski definition) is 2. The fraction of sp³-hybridized carbons (Fsp3) is 0.350. The van der Waals surface area contributed by atoms with E-state index in [1.807, 2.05) is 19.1 Å². The van der Waals surface area contributed by atoms with Crippen molar-refractivity contribution in [1.82, 2.24) is 10.6 Å². The molecule has 2 N–H and O–H groups in total. The highest BCUT2D eigenvalue weighted by molar-refractivity contribution is 7.92. The zero-order chi connectivity index (χ0) is 19.3. The van der Waals surface area contributed by atoms with E-state index in [-0.39, 0.29) is 42.2 Å². The van der Waals surface area contributed by atoms with E-state index in [1.54, 1.807) is 42.5 Å². The smallest absolute Gasteiger partial charge is 0.264 e. The summed E-state index contributed by atoms with van der Waals surface area (Å²) in [5.41, 5.74) is 1.60. The summed E-state index contributed by atoms with van der Waals surface area (Å²) in [7, 11) is -3.75. The van der Waals surface area contributed by atoms with Crippen molar-refractivity contribution in [1.29, 1.82) is 0 Å². The van der Waals surface area contributed by atoms with Crippen LogP contribution in [0.2, 0.25) is 0 Å². The highest BCUT2D eigenvalue weighted by Crippen LogP contribution is 2.24. The van der Waals surface area contributed by atoms with Gasteiger partial charge in [-0.05, 0) is 44.2 Å². The summed E-state index contributed by atoms with van der Waals surface area (Å²) >= 11 is 0. The fourth-order valence-corrected chi connectivity index (χ4v) is 4.59. The van der Waals surface area contributed by atoms with Gasteiger partial charge in [-0.2, -0.15) is 0 Å². The molecule has 1 unspecified atom stereocenters. The molecule has 28 heavy (non-hydrogen) atoms. The standard InChI is InChI=1S/C20H25N3O3S.ClH/c1-16-7-9-18(10-8-16)23(27(25,26)19-5-3-2-4-6-19)14-12-20(24)22-17-11-13-21-15-17;/h2-10,17,21H,11-15H2,1H3,(H,22,24);1H. The average Bonchev–Trinajstić information content (AvgIpc) is 3.17. The molecule has 1 amide bonds. The molecule has 1 heterocycles. The van der Waals surface area contributed by atoms with Gasteiger partial charge in [-0.1, -0.05) is 35.9 Å². The van der Waals surface area contributed by atoms with E-state index in [1.165, 1.54) is 4.31 Å². The Morgan fingerprint density at radius 1 is 1.14 bits per heavy atom. The van der Waals surface area contributed by atoms with Crippen LogP contribution < -0.4 is 14.9 Å². The molecule has 0 aliphatic carbocycles. The maximum atomic E-state index is 13.2. The van der Waals surface area contributed by atoms with Gasteiger partial charge in [0, 0.05) is 25.6 Å². The number of nitrogens with one attached hydrogen (secondary N) is 2. The molecule has 3 rings (SSSR count). The molecule has 2 aromatic rings. The number of hydrogen-bond acceptors (Lipinski definition) is 4. The van der Waals surface area contributed by atoms with Crippen LogP contribution in [-0.2, 0) is 14.8 Å². The molecular weight excluding hydrogens is 398 g/mol. The van der Waals surface area contributed by atoms with Gasteiger partial charge in [-0.3, -0.25) is 9.10 Å². The van der Waals surface area contributed by atoms with Crippen molar-refractivity contribution in [3.05, 3.63) is 60.2 Å². The number of rotatable bonds is 7. The number of carbonyl (C=O) groups is 1. The van der Waals surface area contributed by atoms with Crippen molar-refractivity contribution in [2.45, 2.75) is 30.7 Å². The van der Waals surface area contributed by atoms with Gasteiger partial charge in [-0.25, -0.2) is 8.42 Å². The van der Waals surface area contributed by atoms with Crippen LogP contribution in [0.5, 0.6) is 0 Å². The van der Waals surface area contributed by atoms with E-state index in [4.69, 9.17) is 0 Å². The summed E-state index contributed by atoms with van der Waals surface area (Å²) in [6.45, 7) is 3.69. The molecule has 1 atom stereocenters. The second-order valence-electron chi connectivity index (χ2n) is 6.73. The summed E-state index contributed by atoms with van der Waals surface area (Å²) in [4.78, 5) is 12.5. The van der Waals surface area contributed by atoms with Crippen molar-refractivity contribution in [3.63, 3.8) is 0 Å². The lowest BCUT2D eigenvalue weighted by Gasteiger charge is -2.25. The lowest BCUT2D eigenvalue weighted by molar-refractivity contribution is -0.121. The van der Waals surface area contributed by atoms with E-state index in [9.17, 15) is 13.2 Å².